The molecule has 0 spiro atoms. The fourth-order valence-corrected chi connectivity index (χ4v) is 3.53. The molecule has 0 aliphatic heterocycles. The van der Waals surface area contributed by atoms with Crippen LogP contribution in [-0.2, 0) is 38.5 Å². The lowest BCUT2D eigenvalue weighted by atomic mass is 9.70. The van der Waals surface area contributed by atoms with Crippen molar-refractivity contribution < 1.29 is 38.5 Å². The Balaban J connectivity index is 6.72. The molecule has 0 aromatic carbocycles. The van der Waals surface area contributed by atoms with Crippen LogP contribution in [0.5, 0.6) is 0 Å². The van der Waals surface area contributed by atoms with Crippen LogP contribution in [0, 0.1) is 0 Å². The van der Waals surface area contributed by atoms with Gasteiger partial charge in [-0.25, -0.2) is 0 Å². The van der Waals surface area contributed by atoms with E-state index in [4.69, 9.17) is 19.4 Å². The van der Waals surface area contributed by atoms with Gasteiger partial charge in [0.25, 0.3) is 0 Å². The number of hydrogen-bond donors (Lipinski definition) is 0. The third-order valence-corrected chi connectivity index (χ3v) is 4.75. The standard InChI is InChI=1S/C18H32N2O8/c1-9-17(10-2,19(25-13(5)21)26-14(6)22)18(11-3,12-4)20(27-15(7)23)28-16(8)24/h9-12H2,1-8H3. The maximum atomic E-state index is 11.7. The summed E-state index contributed by atoms with van der Waals surface area (Å²) in [5.74, 6) is -2.83. The topological polar surface area (TPSA) is 112 Å². The Morgan fingerprint density at radius 1 is 0.536 bits per heavy atom. The lowest BCUT2D eigenvalue weighted by molar-refractivity contribution is -0.440. The second-order valence-corrected chi connectivity index (χ2v) is 6.32. The molecule has 0 aromatic heterocycles. The van der Waals surface area contributed by atoms with E-state index in [0.717, 1.165) is 10.5 Å². The fraction of sp³-hybridized carbons (Fsp3) is 0.778. The van der Waals surface area contributed by atoms with Crippen LogP contribution in [0.1, 0.15) is 81.1 Å². The summed E-state index contributed by atoms with van der Waals surface area (Å²) in [7, 11) is 0. The van der Waals surface area contributed by atoms with E-state index in [-0.39, 0.29) is 0 Å². The summed E-state index contributed by atoms with van der Waals surface area (Å²) in [6, 6.07) is 0. The molecule has 10 nitrogen and oxygen atoms in total. The Kier molecular flexibility index (Phi) is 10.1. The first kappa shape index (κ1) is 25.8. The summed E-state index contributed by atoms with van der Waals surface area (Å²) < 4.78 is 0. The average molecular weight is 404 g/mol. The van der Waals surface area contributed by atoms with Crippen LogP contribution in [0.25, 0.3) is 0 Å². The van der Waals surface area contributed by atoms with Crippen molar-refractivity contribution in [3.05, 3.63) is 0 Å². The van der Waals surface area contributed by atoms with E-state index in [2.05, 4.69) is 0 Å². The first-order chi connectivity index (χ1) is 13.0. The molecule has 0 amide bonds. The van der Waals surface area contributed by atoms with Gasteiger partial charge in [0.15, 0.2) is 0 Å². The van der Waals surface area contributed by atoms with Gasteiger partial charge in [0.2, 0.25) is 0 Å². The average Bonchev–Trinajstić information content (AvgIpc) is 2.57. The zero-order valence-electron chi connectivity index (χ0n) is 18.0. The smallest absolute Gasteiger partial charge is 0.326 e. The molecule has 0 fully saturated rings. The number of nitrogens with zero attached hydrogens (tertiary/aromatic N) is 2. The van der Waals surface area contributed by atoms with Crippen LogP contribution in [0.15, 0.2) is 0 Å². The van der Waals surface area contributed by atoms with Crippen LogP contribution in [0.4, 0.5) is 0 Å². The van der Waals surface area contributed by atoms with Crippen LogP contribution >= 0.6 is 0 Å². The van der Waals surface area contributed by atoms with Gasteiger partial charge in [0.05, 0.1) is 0 Å². The molecule has 10 heteroatoms. The summed E-state index contributed by atoms with van der Waals surface area (Å²) in [6.07, 6.45) is 1.19. The van der Waals surface area contributed by atoms with Crippen molar-refractivity contribution in [3.8, 4) is 0 Å². The van der Waals surface area contributed by atoms with E-state index in [9.17, 15) is 19.2 Å². The van der Waals surface area contributed by atoms with Gasteiger partial charge < -0.3 is 19.4 Å². The van der Waals surface area contributed by atoms with Crippen molar-refractivity contribution in [2.45, 2.75) is 92.2 Å². The van der Waals surface area contributed by atoms with Crippen molar-refractivity contribution in [2.75, 3.05) is 0 Å². The number of hydrogen-bond acceptors (Lipinski definition) is 10. The fourth-order valence-electron chi connectivity index (χ4n) is 3.53. The lowest BCUT2D eigenvalue weighted by Crippen LogP contribution is -2.70. The second-order valence-electron chi connectivity index (χ2n) is 6.32. The predicted octanol–water partition coefficient (Wildman–Crippen LogP) is 2.62. The van der Waals surface area contributed by atoms with Crippen molar-refractivity contribution in [1.29, 1.82) is 0 Å². The molecule has 0 N–H and O–H groups in total. The molecule has 0 aromatic rings. The van der Waals surface area contributed by atoms with Crippen molar-refractivity contribution in [2.24, 2.45) is 0 Å². The molecular weight excluding hydrogens is 372 g/mol. The van der Waals surface area contributed by atoms with E-state index in [1.807, 2.05) is 0 Å². The van der Waals surface area contributed by atoms with Gasteiger partial charge >= 0.3 is 23.9 Å². The van der Waals surface area contributed by atoms with E-state index in [1.54, 1.807) is 27.7 Å². The largest absolute Gasteiger partial charge is 0.333 e. The molecule has 0 unspecified atom stereocenters. The molecule has 0 atom stereocenters. The maximum absolute atomic E-state index is 11.7. The van der Waals surface area contributed by atoms with Gasteiger partial charge in [0.1, 0.15) is 11.1 Å². The normalized spacial score (nSPS) is 11.9. The Morgan fingerprint density at radius 3 is 0.821 bits per heavy atom. The molecule has 0 rings (SSSR count). The summed E-state index contributed by atoms with van der Waals surface area (Å²) in [5, 5.41) is 1.68. The second kappa shape index (κ2) is 11.0. The summed E-state index contributed by atoms with van der Waals surface area (Å²) >= 11 is 0. The highest BCUT2D eigenvalue weighted by atomic mass is 17.0. The first-order valence-corrected chi connectivity index (χ1v) is 9.30. The minimum absolute atomic E-state index is 0.296. The zero-order chi connectivity index (χ0) is 22.1. The van der Waals surface area contributed by atoms with Crippen LogP contribution in [-0.4, -0.2) is 45.4 Å². The van der Waals surface area contributed by atoms with E-state index >= 15 is 0 Å². The highest BCUT2D eigenvalue weighted by molar-refractivity contribution is 5.68. The zero-order valence-corrected chi connectivity index (χ0v) is 18.0. The highest BCUT2D eigenvalue weighted by Gasteiger charge is 2.61. The molecule has 0 heterocycles. The minimum atomic E-state index is -1.21. The molecular formula is C18H32N2O8. The van der Waals surface area contributed by atoms with Gasteiger partial charge in [0, 0.05) is 38.1 Å². The summed E-state index contributed by atoms with van der Waals surface area (Å²) in [4.78, 5) is 67.7. The number of carbonyl (C=O) groups is 4. The monoisotopic (exact) mass is 404 g/mol. The van der Waals surface area contributed by atoms with E-state index in [0.29, 0.717) is 25.7 Å². The number of carbonyl (C=O) groups excluding carboxylic acids is 4. The van der Waals surface area contributed by atoms with Crippen molar-refractivity contribution in [1.82, 2.24) is 10.5 Å². The van der Waals surface area contributed by atoms with Crippen LogP contribution < -0.4 is 0 Å². The summed E-state index contributed by atoms with van der Waals surface area (Å²) in [5.41, 5.74) is -2.42. The van der Waals surface area contributed by atoms with Crippen molar-refractivity contribution in [3.63, 3.8) is 0 Å². The Morgan fingerprint density at radius 2 is 0.714 bits per heavy atom. The van der Waals surface area contributed by atoms with Crippen LogP contribution in [0.3, 0.4) is 0 Å². The Hall–Kier alpha value is -2.20. The van der Waals surface area contributed by atoms with Crippen LogP contribution in [0.2, 0.25) is 0 Å². The van der Waals surface area contributed by atoms with E-state index < -0.39 is 35.0 Å². The summed E-state index contributed by atoms with van der Waals surface area (Å²) in [6.45, 7) is 11.9. The SMILES string of the molecule is CCC(CC)(N(OC(C)=O)OC(C)=O)C(CC)(CC)N(OC(C)=O)OC(C)=O. The molecule has 0 saturated heterocycles. The maximum Gasteiger partial charge on any atom is 0.326 e. The third-order valence-electron chi connectivity index (χ3n) is 4.75. The molecule has 0 aliphatic carbocycles. The molecule has 0 bridgehead atoms. The van der Waals surface area contributed by atoms with Gasteiger partial charge in [-0.15, -0.1) is 0 Å². The molecule has 162 valence electrons. The molecule has 0 aliphatic rings. The molecule has 28 heavy (non-hydrogen) atoms. The van der Waals surface area contributed by atoms with E-state index in [1.165, 1.54) is 27.7 Å². The minimum Gasteiger partial charge on any atom is -0.333 e. The predicted molar refractivity (Wildman–Crippen MR) is 97.4 cm³/mol. The first-order valence-electron chi connectivity index (χ1n) is 9.30. The van der Waals surface area contributed by atoms with Crippen molar-refractivity contribution >= 4 is 23.9 Å². The third kappa shape index (κ3) is 5.65. The Labute approximate surface area is 165 Å². The van der Waals surface area contributed by atoms with Gasteiger partial charge in [-0.3, -0.25) is 19.2 Å². The number of hydroxylamine groups is 4. The quantitative estimate of drug-likeness (QED) is 0.476. The highest BCUT2D eigenvalue weighted by Crippen LogP contribution is 2.45. The Bertz CT molecular complexity index is 488. The molecule has 0 saturated carbocycles. The number of rotatable bonds is 11. The molecule has 0 radical (unpaired) electrons. The van der Waals surface area contributed by atoms with Gasteiger partial charge in [-0.05, 0) is 25.7 Å². The van der Waals surface area contributed by atoms with Gasteiger partial charge in [-0.1, -0.05) is 27.7 Å². The lowest BCUT2D eigenvalue weighted by Gasteiger charge is -2.53. The van der Waals surface area contributed by atoms with Gasteiger partial charge in [-0.2, -0.15) is 0 Å².